The molecule has 0 radical (unpaired) electrons. The van der Waals surface area contributed by atoms with E-state index in [2.05, 4.69) is 20.1 Å². The highest BCUT2D eigenvalue weighted by Crippen LogP contribution is 2.44. The third-order valence-corrected chi connectivity index (χ3v) is 6.14. The minimum atomic E-state index is -0.502. The summed E-state index contributed by atoms with van der Waals surface area (Å²) in [6.45, 7) is 12.0. The second-order valence-electron chi connectivity index (χ2n) is 8.13. The molecule has 174 valence electrons. The van der Waals surface area contributed by atoms with Gasteiger partial charge in [-0.25, -0.2) is 14.3 Å². The Balaban J connectivity index is 1.86. The third kappa shape index (κ3) is 3.53. The van der Waals surface area contributed by atoms with E-state index < -0.39 is 5.82 Å². The molecule has 3 aromatic carbocycles. The monoisotopic (exact) mass is 467 g/mol. The lowest BCUT2D eigenvalue weighted by atomic mass is 9.95. The molecule has 0 fully saturated rings. The maximum atomic E-state index is 15.6. The van der Waals surface area contributed by atoms with Crippen LogP contribution in [-0.2, 0) is 13.5 Å². The fourth-order valence-electron chi connectivity index (χ4n) is 4.59. The van der Waals surface area contributed by atoms with Crippen molar-refractivity contribution in [1.82, 2.24) is 20.0 Å². The Morgan fingerprint density at radius 3 is 2.71 bits per heavy atom. The molecule has 7 nitrogen and oxygen atoms in total. The summed E-state index contributed by atoms with van der Waals surface area (Å²) in [5, 5.41) is 13.6. The van der Waals surface area contributed by atoms with E-state index in [0.29, 0.717) is 62.8 Å². The van der Waals surface area contributed by atoms with Crippen LogP contribution in [0.25, 0.3) is 48.8 Å². The Kier molecular flexibility index (Phi) is 5.53. The average molecular weight is 468 g/mol. The fourth-order valence-corrected chi connectivity index (χ4v) is 4.59. The van der Waals surface area contributed by atoms with Crippen LogP contribution in [0.4, 0.5) is 10.1 Å². The van der Waals surface area contributed by atoms with Crippen LogP contribution < -0.4 is 10.3 Å². The predicted molar refractivity (Wildman–Crippen MR) is 134 cm³/mol. The summed E-state index contributed by atoms with van der Waals surface area (Å²) < 4.78 is 23.0. The topological polar surface area (TPSA) is 77.2 Å². The SMILES string of the molecule is [C-]#[N+]c1c(-c2c(-c3cc(OCC)c4c(=O)[nH]nc(CC)c4c3)cnn2C)c(F)cc2ccccc12. The minimum absolute atomic E-state index is 0.187. The van der Waals surface area contributed by atoms with E-state index in [9.17, 15) is 4.79 Å². The zero-order valence-electron chi connectivity index (χ0n) is 19.5. The van der Waals surface area contributed by atoms with Crippen molar-refractivity contribution in [1.29, 1.82) is 0 Å². The van der Waals surface area contributed by atoms with Crippen molar-refractivity contribution in [3.05, 3.63) is 81.9 Å². The van der Waals surface area contributed by atoms with Crippen molar-refractivity contribution in [2.45, 2.75) is 20.3 Å². The van der Waals surface area contributed by atoms with E-state index in [0.717, 1.165) is 0 Å². The van der Waals surface area contributed by atoms with Crippen LogP contribution in [0.3, 0.4) is 0 Å². The van der Waals surface area contributed by atoms with Gasteiger partial charge in [0.05, 0.1) is 36.1 Å². The predicted octanol–water partition coefficient (Wildman–Crippen LogP) is 5.79. The number of ether oxygens (including phenoxy) is 1. The Labute approximate surface area is 200 Å². The smallest absolute Gasteiger partial charge is 0.275 e. The molecule has 35 heavy (non-hydrogen) atoms. The van der Waals surface area contributed by atoms with E-state index in [-0.39, 0.29) is 16.8 Å². The van der Waals surface area contributed by atoms with Gasteiger partial charge in [0, 0.05) is 23.6 Å². The van der Waals surface area contributed by atoms with Gasteiger partial charge in [-0.3, -0.25) is 9.48 Å². The number of fused-ring (bicyclic) bond motifs is 2. The van der Waals surface area contributed by atoms with Crippen LogP contribution >= 0.6 is 0 Å². The molecule has 8 heteroatoms. The minimum Gasteiger partial charge on any atom is -0.493 e. The van der Waals surface area contributed by atoms with E-state index in [1.807, 2.05) is 38.1 Å². The van der Waals surface area contributed by atoms with Crippen molar-refractivity contribution < 1.29 is 9.13 Å². The van der Waals surface area contributed by atoms with Crippen molar-refractivity contribution in [3.63, 3.8) is 0 Å². The molecule has 2 aromatic heterocycles. The van der Waals surface area contributed by atoms with Crippen LogP contribution in [0.5, 0.6) is 5.75 Å². The lowest BCUT2D eigenvalue weighted by Gasteiger charge is -2.15. The highest BCUT2D eigenvalue weighted by Gasteiger charge is 2.24. The molecule has 0 saturated carbocycles. The molecular weight excluding hydrogens is 445 g/mol. The standard InChI is InChI=1S/C27H22FN5O2/c1-5-21-18-11-16(13-22(35-6-2)23(18)27(34)32-31-21)19-14-30-33(4)26(19)24-20(28)12-15-9-7-8-10-17(15)25(24)29-3/h7-14H,5-6H2,1-2,4H3,(H,32,34). The van der Waals surface area contributed by atoms with E-state index >= 15 is 4.39 Å². The van der Waals surface area contributed by atoms with Crippen LogP contribution in [0.2, 0.25) is 0 Å². The molecule has 0 unspecified atom stereocenters. The summed E-state index contributed by atoms with van der Waals surface area (Å²) >= 11 is 0. The summed E-state index contributed by atoms with van der Waals surface area (Å²) in [7, 11) is 1.72. The van der Waals surface area contributed by atoms with Crippen LogP contribution in [0, 0.1) is 12.4 Å². The van der Waals surface area contributed by atoms with Gasteiger partial charge in [-0.05, 0) is 47.9 Å². The van der Waals surface area contributed by atoms with Gasteiger partial charge < -0.3 is 4.74 Å². The number of aryl methyl sites for hydroxylation is 2. The largest absolute Gasteiger partial charge is 0.493 e. The van der Waals surface area contributed by atoms with Gasteiger partial charge in [0.15, 0.2) is 0 Å². The van der Waals surface area contributed by atoms with Crippen LogP contribution in [-0.4, -0.2) is 26.6 Å². The number of hydrogen-bond donors (Lipinski definition) is 1. The van der Waals surface area contributed by atoms with E-state index in [1.165, 1.54) is 6.07 Å². The van der Waals surface area contributed by atoms with Crippen LogP contribution in [0.1, 0.15) is 19.5 Å². The fraction of sp³-hybridized carbons (Fsp3) is 0.185. The molecule has 2 heterocycles. The number of H-pyrrole nitrogens is 1. The molecule has 5 rings (SSSR count). The average Bonchev–Trinajstić information content (AvgIpc) is 3.24. The molecule has 5 aromatic rings. The second kappa shape index (κ2) is 8.69. The first-order valence-electron chi connectivity index (χ1n) is 11.3. The van der Waals surface area contributed by atoms with Gasteiger partial charge in [0.25, 0.3) is 5.56 Å². The highest BCUT2D eigenvalue weighted by molar-refractivity contribution is 6.04. The normalized spacial score (nSPS) is 11.2. The Bertz CT molecular complexity index is 1710. The number of halogens is 1. The zero-order valence-corrected chi connectivity index (χ0v) is 19.5. The molecule has 0 amide bonds. The maximum Gasteiger partial charge on any atom is 0.275 e. The van der Waals surface area contributed by atoms with Gasteiger partial charge in [-0.2, -0.15) is 10.2 Å². The number of rotatable bonds is 5. The first-order valence-corrected chi connectivity index (χ1v) is 11.3. The summed E-state index contributed by atoms with van der Waals surface area (Å²) in [6, 6.07) is 12.3. The molecule has 0 atom stereocenters. The molecule has 0 saturated heterocycles. The molecular formula is C27H22FN5O2. The number of nitrogens with zero attached hydrogens (tertiary/aromatic N) is 4. The zero-order chi connectivity index (χ0) is 24.7. The highest BCUT2D eigenvalue weighted by atomic mass is 19.1. The summed E-state index contributed by atoms with van der Waals surface area (Å²) in [5.74, 6) is -0.0877. The second-order valence-corrected chi connectivity index (χ2v) is 8.13. The van der Waals surface area contributed by atoms with Gasteiger partial charge in [0.2, 0.25) is 5.69 Å². The Morgan fingerprint density at radius 1 is 1.17 bits per heavy atom. The summed E-state index contributed by atoms with van der Waals surface area (Å²) in [6.07, 6.45) is 2.24. The number of nitrogens with one attached hydrogen (secondary N) is 1. The number of hydrogen-bond acceptors (Lipinski definition) is 4. The first-order chi connectivity index (χ1) is 17.0. The first kappa shape index (κ1) is 22.3. The van der Waals surface area contributed by atoms with Gasteiger partial charge in [0.1, 0.15) is 11.6 Å². The van der Waals surface area contributed by atoms with Crippen molar-refractivity contribution in [3.8, 4) is 28.1 Å². The van der Waals surface area contributed by atoms with Crippen molar-refractivity contribution in [2.24, 2.45) is 7.05 Å². The quantitative estimate of drug-likeness (QED) is 0.332. The maximum absolute atomic E-state index is 15.6. The molecule has 0 bridgehead atoms. The van der Waals surface area contributed by atoms with Crippen LogP contribution in [0.15, 0.2) is 53.5 Å². The van der Waals surface area contributed by atoms with Gasteiger partial charge >= 0.3 is 0 Å². The lowest BCUT2D eigenvalue weighted by Crippen LogP contribution is -2.12. The van der Waals surface area contributed by atoms with E-state index in [4.69, 9.17) is 11.3 Å². The lowest BCUT2D eigenvalue weighted by molar-refractivity contribution is 0.344. The molecule has 1 N–H and O–H groups in total. The number of benzene rings is 3. The molecule has 0 aliphatic heterocycles. The van der Waals surface area contributed by atoms with Crippen molar-refractivity contribution >= 4 is 27.2 Å². The van der Waals surface area contributed by atoms with Gasteiger partial charge in [-0.15, -0.1) is 0 Å². The van der Waals surface area contributed by atoms with Gasteiger partial charge in [-0.1, -0.05) is 31.2 Å². The molecule has 0 aliphatic rings. The molecule has 0 aliphatic carbocycles. The summed E-state index contributed by atoms with van der Waals surface area (Å²) in [5.41, 5.74) is 2.57. The molecule has 0 spiro atoms. The van der Waals surface area contributed by atoms with E-state index in [1.54, 1.807) is 30.1 Å². The Hall–Kier alpha value is -4.51. The Morgan fingerprint density at radius 2 is 1.97 bits per heavy atom. The number of aromatic nitrogens is 4. The van der Waals surface area contributed by atoms with Crippen molar-refractivity contribution in [2.75, 3.05) is 6.61 Å². The summed E-state index contributed by atoms with van der Waals surface area (Å²) in [4.78, 5) is 16.4. The third-order valence-electron chi connectivity index (χ3n) is 6.14. The number of aromatic amines is 1.